The Kier molecular flexibility index (Phi) is 4.38. The van der Waals surface area contributed by atoms with Crippen LogP contribution in [0.3, 0.4) is 0 Å². The van der Waals surface area contributed by atoms with Crippen molar-refractivity contribution in [3.63, 3.8) is 0 Å². The highest BCUT2D eigenvalue weighted by molar-refractivity contribution is 9.10. The number of hydrogen-bond acceptors (Lipinski definition) is 3. The highest BCUT2D eigenvalue weighted by Crippen LogP contribution is 2.31. The van der Waals surface area contributed by atoms with Crippen LogP contribution in [-0.4, -0.2) is 9.97 Å². The summed E-state index contributed by atoms with van der Waals surface area (Å²) in [5.74, 6) is 2.20. The molecule has 112 valence electrons. The van der Waals surface area contributed by atoms with Crippen molar-refractivity contribution in [3.8, 4) is 11.6 Å². The molecule has 0 saturated carbocycles. The molecule has 0 radical (unpaired) electrons. The summed E-state index contributed by atoms with van der Waals surface area (Å²) in [5.41, 5.74) is 3.32. The summed E-state index contributed by atoms with van der Waals surface area (Å²) in [6, 6.07) is 5.98. The van der Waals surface area contributed by atoms with Gasteiger partial charge in [-0.15, -0.1) is 0 Å². The van der Waals surface area contributed by atoms with Crippen molar-refractivity contribution >= 4 is 15.9 Å². The molecule has 21 heavy (non-hydrogen) atoms. The summed E-state index contributed by atoms with van der Waals surface area (Å²) in [5, 5.41) is 0. The van der Waals surface area contributed by atoms with Crippen LogP contribution in [0.25, 0.3) is 0 Å². The topological polar surface area (TPSA) is 35.0 Å². The Bertz CT molecular complexity index is 675. The van der Waals surface area contributed by atoms with E-state index in [1.54, 1.807) is 6.07 Å². The maximum atomic E-state index is 6.06. The molecule has 0 aliphatic rings. The first kappa shape index (κ1) is 16.0. The fourth-order valence-electron chi connectivity index (χ4n) is 1.97. The number of halogens is 1. The molecule has 0 amide bonds. The Morgan fingerprint density at radius 1 is 1.00 bits per heavy atom. The molecule has 4 heteroatoms. The smallest absolute Gasteiger partial charge is 0.223 e. The molecule has 1 aromatic carbocycles. The van der Waals surface area contributed by atoms with Gasteiger partial charge in [-0.1, -0.05) is 32.9 Å². The van der Waals surface area contributed by atoms with Gasteiger partial charge < -0.3 is 4.74 Å². The van der Waals surface area contributed by atoms with E-state index >= 15 is 0 Å². The van der Waals surface area contributed by atoms with Gasteiger partial charge in [0, 0.05) is 11.5 Å². The van der Waals surface area contributed by atoms with Crippen LogP contribution in [0.2, 0.25) is 0 Å². The number of ether oxygens (including phenoxy) is 1. The molecule has 1 aromatic heterocycles. The largest absolute Gasteiger partial charge is 0.438 e. The van der Waals surface area contributed by atoms with E-state index < -0.39 is 0 Å². The van der Waals surface area contributed by atoms with Crippen molar-refractivity contribution in [1.82, 2.24) is 9.97 Å². The third-order valence-corrected chi connectivity index (χ3v) is 3.83. The van der Waals surface area contributed by atoms with E-state index in [-0.39, 0.29) is 5.41 Å². The molecule has 0 fully saturated rings. The monoisotopic (exact) mass is 348 g/mol. The number of aryl methyl sites for hydroxylation is 2. The fourth-order valence-corrected chi connectivity index (χ4v) is 2.34. The maximum Gasteiger partial charge on any atom is 0.223 e. The quantitative estimate of drug-likeness (QED) is 0.694. The summed E-state index contributed by atoms with van der Waals surface area (Å²) < 4.78 is 6.79. The Morgan fingerprint density at radius 3 is 2.24 bits per heavy atom. The van der Waals surface area contributed by atoms with Gasteiger partial charge in [-0.2, -0.15) is 4.98 Å². The molecule has 0 unspecified atom stereocenters. The van der Waals surface area contributed by atoms with Crippen LogP contribution in [-0.2, 0) is 5.41 Å². The number of hydrogen-bond donors (Lipinski definition) is 0. The van der Waals surface area contributed by atoms with E-state index in [0.29, 0.717) is 5.88 Å². The summed E-state index contributed by atoms with van der Waals surface area (Å²) in [6.07, 6.45) is 0. The van der Waals surface area contributed by atoms with E-state index in [1.807, 2.05) is 6.92 Å². The lowest BCUT2D eigenvalue weighted by Crippen LogP contribution is -2.16. The van der Waals surface area contributed by atoms with Crippen LogP contribution in [0.4, 0.5) is 0 Å². The van der Waals surface area contributed by atoms with Gasteiger partial charge in [0.05, 0.1) is 0 Å². The second-order valence-corrected chi connectivity index (χ2v) is 7.17. The molecule has 0 spiro atoms. The average molecular weight is 349 g/mol. The van der Waals surface area contributed by atoms with Gasteiger partial charge in [-0.05, 0) is 53.4 Å². The second-order valence-electron chi connectivity index (χ2n) is 6.36. The minimum atomic E-state index is -0.126. The molecule has 0 saturated heterocycles. The van der Waals surface area contributed by atoms with E-state index in [0.717, 1.165) is 27.3 Å². The predicted molar refractivity (Wildman–Crippen MR) is 89.2 cm³/mol. The van der Waals surface area contributed by atoms with E-state index in [2.05, 4.69) is 72.6 Å². The molecule has 0 aliphatic carbocycles. The molecular weight excluding hydrogens is 328 g/mol. The molecular formula is C17H21BrN2O. The fraction of sp³-hybridized carbons (Fsp3) is 0.412. The third-order valence-electron chi connectivity index (χ3n) is 3.42. The first-order valence-corrected chi connectivity index (χ1v) is 7.77. The third kappa shape index (κ3) is 3.62. The number of rotatable bonds is 2. The number of benzene rings is 1. The predicted octanol–water partition coefficient (Wildman–Crippen LogP) is 5.25. The lowest BCUT2D eigenvalue weighted by atomic mass is 9.96. The summed E-state index contributed by atoms with van der Waals surface area (Å²) in [4.78, 5) is 8.98. The number of aromatic nitrogens is 2. The Morgan fingerprint density at radius 2 is 1.62 bits per heavy atom. The minimum Gasteiger partial charge on any atom is -0.438 e. The zero-order valence-electron chi connectivity index (χ0n) is 13.4. The SMILES string of the molecule is Cc1ccc(C)c(Oc2cc(Br)nc(C(C)(C)C)n2)c1C. The zero-order valence-corrected chi connectivity index (χ0v) is 15.0. The first-order chi connectivity index (χ1) is 9.68. The molecule has 0 N–H and O–H groups in total. The van der Waals surface area contributed by atoms with Crippen molar-refractivity contribution in [2.45, 2.75) is 47.0 Å². The minimum absolute atomic E-state index is 0.126. The van der Waals surface area contributed by atoms with Gasteiger partial charge in [0.1, 0.15) is 16.2 Å². The van der Waals surface area contributed by atoms with Crippen LogP contribution in [0.5, 0.6) is 11.6 Å². The summed E-state index contributed by atoms with van der Waals surface area (Å²) in [6.45, 7) is 12.4. The molecule has 3 nitrogen and oxygen atoms in total. The highest BCUT2D eigenvalue weighted by atomic mass is 79.9. The van der Waals surface area contributed by atoms with Gasteiger partial charge in [-0.25, -0.2) is 4.98 Å². The van der Waals surface area contributed by atoms with E-state index in [4.69, 9.17) is 4.74 Å². The number of nitrogens with zero attached hydrogens (tertiary/aromatic N) is 2. The summed E-state index contributed by atoms with van der Waals surface area (Å²) in [7, 11) is 0. The zero-order chi connectivity index (χ0) is 15.8. The molecule has 0 atom stereocenters. The van der Waals surface area contributed by atoms with Crippen LogP contribution in [0.1, 0.15) is 43.3 Å². The van der Waals surface area contributed by atoms with Crippen LogP contribution in [0.15, 0.2) is 22.8 Å². The van der Waals surface area contributed by atoms with Gasteiger partial charge >= 0.3 is 0 Å². The van der Waals surface area contributed by atoms with Gasteiger partial charge in [-0.3, -0.25) is 0 Å². The molecule has 2 aromatic rings. The van der Waals surface area contributed by atoms with Crippen LogP contribution < -0.4 is 4.74 Å². The van der Waals surface area contributed by atoms with Crippen LogP contribution >= 0.6 is 15.9 Å². The summed E-state index contributed by atoms with van der Waals surface area (Å²) >= 11 is 3.44. The van der Waals surface area contributed by atoms with E-state index in [1.165, 1.54) is 5.56 Å². The second kappa shape index (κ2) is 5.76. The molecule has 1 heterocycles. The molecule has 2 rings (SSSR count). The molecule has 0 bridgehead atoms. The Labute approximate surface area is 134 Å². The van der Waals surface area contributed by atoms with Crippen molar-refractivity contribution in [1.29, 1.82) is 0 Å². The van der Waals surface area contributed by atoms with Gasteiger partial charge in [0.15, 0.2) is 0 Å². The standard InChI is InChI=1S/C17H21BrN2O/c1-10-7-8-11(2)15(12(10)3)21-14-9-13(18)19-16(20-14)17(4,5)6/h7-9H,1-6H3. The Hall–Kier alpha value is -1.42. The Balaban J connectivity index is 2.46. The lowest BCUT2D eigenvalue weighted by molar-refractivity contribution is 0.439. The first-order valence-electron chi connectivity index (χ1n) is 6.98. The average Bonchev–Trinajstić information content (AvgIpc) is 2.38. The molecule has 0 aliphatic heterocycles. The van der Waals surface area contributed by atoms with E-state index in [9.17, 15) is 0 Å². The van der Waals surface area contributed by atoms with Crippen molar-refractivity contribution in [3.05, 3.63) is 45.3 Å². The normalized spacial score (nSPS) is 11.6. The lowest BCUT2D eigenvalue weighted by Gasteiger charge is -2.18. The van der Waals surface area contributed by atoms with Gasteiger partial charge in [0.2, 0.25) is 5.88 Å². The maximum absolute atomic E-state index is 6.06. The van der Waals surface area contributed by atoms with Crippen molar-refractivity contribution in [2.24, 2.45) is 0 Å². The highest BCUT2D eigenvalue weighted by Gasteiger charge is 2.20. The van der Waals surface area contributed by atoms with Gasteiger partial charge in [0.25, 0.3) is 0 Å². The van der Waals surface area contributed by atoms with Crippen molar-refractivity contribution < 1.29 is 4.74 Å². The van der Waals surface area contributed by atoms with Crippen LogP contribution in [0, 0.1) is 20.8 Å². The van der Waals surface area contributed by atoms with Crippen molar-refractivity contribution in [2.75, 3.05) is 0 Å².